The van der Waals surface area contributed by atoms with Crippen LogP contribution < -0.4 is 5.73 Å². The standard InChI is InChI=1S/C14H19NO2.C7H13FN2/c1-10(2)14(17-11(3)16)13(15-4)12-8-6-5-7-9-12;1-3-4-7(8)5-10-6(2)9/h5-10,14H,1-4H3;4H,3,5H2,1-2H3,(H2,9,10)/b;7-4+. The van der Waals surface area contributed by atoms with Crippen LogP contribution >= 0.6 is 0 Å². The maximum Gasteiger partial charge on any atom is 0.303 e. The van der Waals surface area contributed by atoms with Gasteiger partial charge in [0.05, 0.1) is 18.1 Å². The minimum absolute atomic E-state index is 0.0795. The molecule has 0 saturated carbocycles. The molecule has 6 heteroatoms. The van der Waals surface area contributed by atoms with Crippen molar-refractivity contribution in [2.24, 2.45) is 21.6 Å². The first-order chi connectivity index (χ1) is 12.7. The van der Waals surface area contributed by atoms with Crippen LogP contribution in [0.3, 0.4) is 0 Å². The number of carbonyl (C=O) groups excluding carboxylic acids is 1. The Morgan fingerprint density at radius 2 is 1.85 bits per heavy atom. The largest absolute Gasteiger partial charge is 0.456 e. The third-order valence-corrected chi connectivity index (χ3v) is 3.38. The number of rotatable bonds is 7. The van der Waals surface area contributed by atoms with E-state index in [2.05, 4.69) is 9.98 Å². The Kier molecular flexibility index (Phi) is 12.4. The average molecular weight is 378 g/mol. The van der Waals surface area contributed by atoms with Gasteiger partial charge in [0.25, 0.3) is 0 Å². The molecule has 0 heterocycles. The van der Waals surface area contributed by atoms with Crippen LogP contribution in [0, 0.1) is 5.92 Å². The zero-order valence-electron chi connectivity index (χ0n) is 17.2. The highest BCUT2D eigenvalue weighted by Gasteiger charge is 2.23. The van der Waals surface area contributed by atoms with Gasteiger partial charge < -0.3 is 10.5 Å². The summed E-state index contributed by atoms with van der Waals surface area (Å²) in [7, 11) is 1.72. The quantitative estimate of drug-likeness (QED) is 0.437. The number of amidine groups is 1. The van der Waals surface area contributed by atoms with E-state index < -0.39 is 0 Å². The molecule has 27 heavy (non-hydrogen) atoms. The van der Waals surface area contributed by atoms with E-state index in [9.17, 15) is 9.18 Å². The molecule has 2 N–H and O–H groups in total. The number of nitrogens with two attached hydrogens (primary N) is 1. The lowest BCUT2D eigenvalue weighted by atomic mass is 9.96. The maximum atomic E-state index is 12.5. The monoisotopic (exact) mass is 377 g/mol. The predicted molar refractivity (Wildman–Crippen MR) is 111 cm³/mol. The average Bonchev–Trinajstić information content (AvgIpc) is 2.61. The molecule has 1 atom stereocenters. The lowest BCUT2D eigenvalue weighted by Gasteiger charge is -2.22. The molecule has 0 aromatic heterocycles. The molecule has 1 aromatic rings. The lowest BCUT2D eigenvalue weighted by molar-refractivity contribution is -0.144. The molecular weight excluding hydrogens is 345 g/mol. The Bertz CT molecular complexity index is 649. The molecule has 1 unspecified atom stereocenters. The SMILES string of the molecule is CC/C=C(/F)CN=C(C)N.CN=C(c1ccccc1)C(OC(C)=O)C(C)C. The van der Waals surface area contributed by atoms with E-state index in [1.807, 2.05) is 51.1 Å². The number of halogens is 1. The molecule has 0 aliphatic carbocycles. The van der Waals surface area contributed by atoms with Crippen LogP contribution in [0.5, 0.6) is 0 Å². The Labute approximate surface area is 162 Å². The fraction of sp³-hybridized carbons (Fsp3) is 0.476. The number of nitrogens with zero attached hydrogens (tertiary/aromatic N) is 2. The van der Waals surface area contributed by atoms with Crippen molar-refractivity contribution < 1.29 is 13.9 Å². The van der Waals surface area contributed by atoms with Gasteiger partial charge in [-0.3, -0.25) is 14.8 Å². The first kappa shape index (κ1) is 24.5. The van der Waals surface area contributed by atoms with Crippen molar-refractivity contribution in [1.82, 2.24) is 0 Å². The summed E-state index contributed by atoms with van der Waals surface area (Å²) >= 11 is 0. The van der Waals surface area contributed by atoms with Crippen molar-refractivity contribution in [2.45, 2.75) is 47.1 Å². The normalized spacial score (nSPS) is 13.7. The zero-order chi connectivity index (χ0) is 20.8. The number of allylic oxidation sites excluding steroid dienone is 1. The molecule has 5 nitrogen and oxygen atoms in total. The number of hydrogen-bond donors (Lipinski definition) is 1. The van der Waals surface area contributed by atoms with Crippen LogP contribution in [0.25, 0.3) is 0 Å². The molecule has 0 radical (unpaired) electrons. The van der Waals surface area contributed by atoms with E-state index in [1.54, 1.807) is 14.0 Å². The lowest BCUT2D eigenvalue weighted by Crippen LogP contribution is -2.32. The molecule has 1 aromatic carbocycles. The summed E-state index contributed by atoms with van der Waals surface area (Å²) in [6.07, 6.45) is 1.90. The number of ether oxygens (including phenoxy) is 1. The van der Waals surface area contributed by atoms with E-state index in [4.69, 9.17) is 10.5 Å². The van der Waals surface area contributed by atoms with Crippen molar-refractivity contribution >= 4 is 17.5 Å². The van der Waals surface area contributed by atoms with Gasteiger partial charge in [-0.1, -0.05) is 57.2 Å². The van der Waals surface area contributed by atoms with E-state index in [0.717, 1.165) is 11.3 Å². The summed E-state index contributed by atoms with van der Waals surface area (Å²) in [5.74, 6) is 0.116. The second kappa shape index (κ2) is 13.7. The first-order valence-corrected chi connectivity index (χ1v) is 9.03. The molecule has 0 bridgehead atoms. The van der Waals surface area contributed by atoms with E-state index in [-0.39, 0.29) is 30.4 Å². The van der Waals surface area contributed by atoms with Crippen molar-refractivity contribution in [3.8, 4) is 0 Å². The van der Waals surface area contributed by atoms with Crippen molar-refractivity contribution in [1.29, 1.82) is 0 Å². The molecule has 0 spiro atoms. The highest BCUT2D eigenvalue weighted by Crippen LogP contribution is 2.15. The highest BCUT2D eigenvalue weighted by molar-refractivity contribution is 6.04. The van der Waals surface area contributed by atoms with Crippen LogP contribution in [0.1, 0.15) is 46.6 Å². The molecule has 0 fully saturated rings. The molecule has 1 rings (SSSR count). The minimum Gasteiger partial charge on any atom is -0.456 e. The minimum atomic E-state index is -0.292. The van der Waals surface area contributed by atoms with Crippen LogP contribution in [-0.2, 0) is 9.53 Å². The number of benzene rings is 1. The second-order valence-electron chi connectivity index (χ2n) is 6.27. The fourth-order valence-electron chi connectivity index (χ4n) is 2.20. The highest BCUT2D eigenvalue weighted by atomic mass is 19.1. The van der Waals surface area contributed by atoms with Gasteiger partial charge in [0.15, 0.2) is 0 Å². The van der Waals surface area contributed by atoms with Gasteiger partial charge in [0, 0.05) is 14.0 Å². The number of aliphatic imine (C=N–C) groups is 2. The Hall–Kier alpha value is -2.50. The van der Waals surface area contributed by atoms with Crippen LogP contribution in [0.2, 0.25) is 0 Å². The molecule has 0 aliphatic rings. The van der Waals surface area contributed by atoms with E-state index in [0.29, 0.717) is 12.3 Å². The van der Waals surface area contributed by atoms with Crippen LogP contribution in [-0.4, -0.2) is 37.2 Å². The number of carbonyl (C=O) groups is 1. The third kappa shape index (κ3) is 10.9. The molecule has 150 valence electrons. The summed E-state index contributed by atoms with van der Waals surface area (Å²) in [5.41, 5.74) is 7.00. The van der Waals surface area contributed by atoms with Crippen molar-refractivity contribution in [3.63, 3.8) is 0 Å². The van der Waals surface area contributed by atoms with Crippen molar-refractivity contribution in [3.05, 3.63) is 47.8 Å². The Morgan fingerprint density at radius 3 is 2.26 bits per heavy atom. The Morgan fingerprint density at radius 1 is 1.26 bits per heavy atom. The number of esters is 1. The number of hydrogen-bond acceptors (Lipinski definition) is 4. The summed E-state index contributed by atoms with van der Waals surface area (Å²) in [6.45, 7) is 9.05. The van der Waals surface area contributed by atoms with E-state index >= 15 is 0 Å². The maximum absolute atomic E-state index is 12.5. The van der Waals surface area contributed by atoms with Gasteiger partial charge in [-0.25, -0.2) is 4.39 Å². The molecule has 0 amide bonds. The predicted octanol–water partition coefficient (Wildman–Crippen LogP) is 4.32. The molecular formula is C21H32FN3O2. The topological polar surface area (TPSA) is 77.0 Å². The summed E-state index contributed by atoms with van der Waals surface area (Å²) < 4.78 is 17.8. The second-order valence-corrected chi connectivity index (χ2v) is 6.27. The van der Waals surface area contributed by atoms with Gasteiger partial charge in [0.1, 0.15) is 11.9 Å². The summed E-state index contributed by atoms with van der Waals surface area (Å²) in [6, 6.07) is 9.80. The van der Waals surface area contributed by atoms with Crippen LogP contribution in [0.15, 0.2) is 52.2 Å². The first-order valence-electron chi connectivity index (χ1n) is 9.03. The zero-order valence-corrected chi connectivity index (χ0v) is 17.2. The molecule has 0 saturated heterocycles. The fourth-order valence-corrected chi connectivity index (χ4v) is 2.20. The summed E-state index contributed by atoms with van der Waals surface area (Å²) in [5, 5.41) is 0. The summed E-state index contributed by atoms with van der Waals surface area (Å²) in [4.78, 5) is 19.1. The van der Waals surface area contributed by atoms with Gasteiger partial charge in [0.2, 0.25) is 0 Å². The van der Waals surface area contributed by atoms with Gasteiger partial charge >= 0.3 is 5.97 Å². The van der Waals surface area contributed by atoms with Gasteiger partial charge in [-0.05, 0) is 24.8 Å². The van der Waals surface area contributed by atoms with Gasteiger partial charge in [-0.2, -0.15) is 0 Å². The molecule has 0 aliphatic heterocycles. The third-order valence-electron chi connectivity index (χ3n) is 3.38. The van der Waals surface area contributed by atoms with Gasteiger partial charge in [-0.15, -0.1) is 0 Å². The van der Waals surface area contributed by atoms with Crippen LogP contribution in [0.4, 0.5) is 4.39 Å². The smallest absolute Gasteiger partial charge is 0.303 e. The van der Waals surface area contributed by atoms with E-state index in [1.165, 1.54) is 13.0 Å². The Balaban J connectivity index is 0.000000580. The van der Waals surface area contributed by atoms with Crippen molar-refractivity contribution in [2.75, 3.05) is 13.6 Å².